The first-order valence-corrected chi connectivity index (χ1v) is 7.16. The molecule has 0 heterocycles. The molecule has 0 bridgehead atoms. The first-order valence-electron chi connectivity index (χ1n) is 7.16. The van der Waals surface area contributed by atoms with Crippen molar-refractivity contribution in [1.82, 2.24) is 10.6 Å². The van der Waals surface area contributed by atoms with Crippen LogP contribution in [0.4, 0.5) is 0 Å². The van der Waals surface area contributed by atoms with Crippen LogP contribution in [-0.2, 0) is 19.1 Å². The van der Waals surface area contributed by atoms with Gasteiger partial charge in [0.15, 0.2) is 0 Å². The quantitative estimate of drug-likeness (QED) is 0.574. The fraction of sp³-hybridized carbons (Fsp3) is 0.786. The Morgan fingerprint density at radius 1 is 1.29 bits per heavy atom. The second-order valence-corrected chi connectivity index (χ2v) is 5.64. The van der Waals surface area contributed by atoms with E-state index in [0.29, 0.717) is 26.0 Å². The third-order valence-electron chi connectivity index (χ3n) is 3.81. The molecule has 0 aromatic heterocycles. The van der Waals surface area contributed by atoms with Crippen LogP contribution in [-0.4, -0.2) is 49.2 Å². The lowest BCUT2D eigenvalue weighted by Gasteiger charge is -2.19. The van der Waals surface area contributed by atoms with Crippen LogP contribution >= 0.6 is 0 Å². The van der Waals surface area contributed by atoms with E-state index in [0.717, 1.165) is 0 Å². The van der Waals surface area contributed by atoms with Gasteiger partial charge in [0, 0.05) is 13.7 Å². The van der Waals surface area contributed by atoms with Crippen LogP contribution in [0.1, 0.15) is 26.7 Å². The van der Waals surface area contributed by atoms with Gasteiger partial charge in [-0.2, -0.15) is 0 Å². The maximum Gasteiger partial charge on any atom is 0.307 e. The highest BCUT2D eigenvalue weighted by molar-refractivity contribution is 5.90. The number of carbonyl (C=O) groups excluding carboxylic acids is 2. The van der Waals surface area contributed by atoms with Crippen molar-refractivity contribution in [1.29, 1.82) is 0 Å². The summed E-state index contributed by atoms with van der Waals surface area (Å²) in [6, 6.07) is -0.695. The van der Waals surface area contributed by atoms with Gasteiger partial charge in [0.1, 0.15) is 6.04 Å². The van der Waals surface area contributed by atoms with E-state index >= 15 is 0 Å². The summed E-state index contributed by atoms with van der Waals surface area (Å²) in [6.45, 7) is 4.28. The molecule has 1 fully saturated rings. The first kappa shape index (κ1) is 17.4. The SMILES string of the molecule is COCCNC(=O)C(C)NC(=O)[C@H]1CC(C)C[C@H]1C(=O)O. The van der Waals surface area contributed by atoms with Crippen molar-refractivity contribution in [3.8, 4) is 0 Å². The average molecular weight is 300 g/mol. The number of aliphatic carboxylic acids is 1. The molecule has 7 nitrogen and oxygen atoms in total. The molecular formula is C14H24N2O5. The number of amides is 2. The number of ether oxygens (including phenoxy) is 1. The molecule has 0 spiro atoms. The lowest BCUT2D eigenvalue weighted by Crippen LogP contribution is -2.48. The third-order valence-corrected chi connectivity index (χ3v) is 3.81. The minimum Gasteiger partial charge on any atom is -0.481 e. The third kappa shape index (κ3) is 5.00. The Kier molecular flexibility index (Phi) is 6.61. The molecule has 2 unspecified atom stereocenters. The summed E-state index contributed by atoms with van der Waals surface area (Å²) in [4.78, 5) is 35.1. The van der Waals surface area contributed by atoms with Gasteiger partial charge >= 0.3 is 5.97 Å². The zero-order valence-electron chi connectivity index (χ0n) is 12.7. The minimum absolute atomic E-state index is 0.202. The Morgan fingerprint density at radius 2 is 1.90 bits per heavy atom. The molecule has 0 aromatic rings. The van der Waals surface area contributed by atoms with Gasteiger partial charge in [0.2, 0.25) is 11.8 Å². The van der Waals surface area contributed by atoms with Gasteiger partial charge in [0.25, 0.3) is 0 Å². The summed E-state index contributed by atoms with van der Waals surface area (Å²) >= 11 is 0. The normalized spacial score (nSPS) is 26.1. The van der Waals surface area contributed by atoms with Gasteiger partial charge in [0.05, 0.1) is 18.4 Å². The highest BCUT2D eigenvalue weighted by Crippen LogP contribution is 2.36. The van der Waals surface area contributed by atoms with Crippen LogP contribution in [0.15, 0.2) is 0 Å². The highest BCUT2D eigenvalue weighted by atomic mass is 16.5. The molecule has 21 heavy (non-hydrogen) atoms. The summed E-state index contributed by atoms with van der Waals surface area (Å²) in [7, 11) is 1.53. The van der Waals surface area contributed by atoms with Crippen LogP contribution in [0.5, 0.6) is 0 Å². The number of carbonyl (C=O) groups is 3. The van der Waals surface area contributed by atoms with E-state index in [-0.39, 0.29) is 17.7 Å². The molecule has 0 radical (unpaired) electrons. The molecule has 2 amide bonds. The summed E-state index contributed by atoms with van der Waals surface area (Å²) < 4.78 is 4.82. The standard InChI is InChI=1S/C14H24N2O5/c1-8-6-10(11(7-8)14(19)20)13(18)16-9(2)12(17)15-4-5-21-3/h8-11H,4-7H2,1-3H3,(H,15,17)(H,16,18)(H,19,20)/t8?,9?,10-,11+/m0/s1. The Hall–Kier alpha value is -1.63. The number of rotatable bonds is 7. The lowest BCUT2D eigenvalue weighted by atomic mass is 9.95. The summed E-state index contributed by atoms with van der Waals surface area (Å²) in [5.74, 6) is -2.64. The zero-order valence-corrected chi connectivity index (χ0v) is 12.7. The number of methoxy groups -OCH3 is 1. The van der Waals surface area contributed by atoms with Gasteiger partial charge in [-0.25, -0.2) is 0 Å². The van der Waals surface area contributed by atoms with E-state index in [2.05, 4.69) is 10.6 Å². The number of hydrogen-bond donors (Lipinski definition) is 3. The van der Waals surface area contributed by atoms with Crippen molar-refractivity contribution >= 4 is 17.8 Å². The molecule has 0 aliphatic heterocycles. The van der Waals surface area contributed by atoms with Crippen LogP contribution in [0.3, 0.4) is 0 Å². The first-order chi connectivity index (χ1) is 9.86. The number of nitrogens with one attached hydrogen (secondary N) is 2. The molecule has 120 valence electrons. The van der Waals surface area contributed by atoms with Crippen LogP contribution in [0, 0.1) is 17.8 Å². The summed E-state index contributed by atoms with van der Waals surface area (Å²) in [5, 5.41) is 14.4. The van der Waals surface area contributed by atoms with Gasteiger partial charge in [-0.1, -0.05) is 6.92 Å². The number of carboxylic acids is 1. The molecule has 0 saturated heterocycles. The maximum absolute atomic E-state index is 12.2. The van der Waals surface area contributed by atoms with E-state index < -0.39 is 23.8 Å². The predicted molar refractivity (Wildman–Crippen MR) is 75.5 cm³/mol. The van der Waals surface area contributed by atoms with Crippen molar-refractivity contribution < 1.29 is 24.2 Å². The van der Waals surface area contributed by atoms with Gasteiger partial charge in [-0.3, -0.25) is 14.4 Å². The number of carboxylic acid groups (broad SMARTS) is 1. The fourth-order valence-electron chi connectivity index (χ4n) is 2.67. The monoisotopic (exact) mass is 300 g/mol. The Bertz CT molecular complexity index is 399. The number of hydrogen-bond acceptors (Lipinski definition) is 4. The smallest absolute Gasteiger partial charge is 0.307 e. The second-order valence-electron chi connectivity index (χ2n) is 5.64. The zero-order chi connectivity index (χ0) is 16.0. The van der Waals surface area contributed by atoms with Crippen molar-refractivity contribution in [3.05, 3.63) is 0 Å². The molecule has 1 saturated carbocycles. The molecule has 7 heteroatoms. The maximum atomic E-state index is 12.2. The average Bonchev–Trinajstić information content (AvgIpc) is 2.81. The minimum atomic E-state index is -0.948. The lowest BCUT2D eigenvalue weighted by molar-refractivity contribution is -0.146. The van der Waals surface area contributed by atoms with E-state index in [4.69, 9.17) is 9.84 Å². The van der Waals surface area contributed by atoms with E-state index in [9.17, 15) is 14.4 Å². The largest absolute Gasteiger partial charge is 0.481 e. The molecule has 0 aromatic carbocycles. The molecule has 1 aliphatic rings. The van der Waals surface area contributed by atoms with Crippen LogP contribution in [0.25, 0.3) is 0 Å². The van der Waals surface area contributed by atoms with Crippen molar-refractivity contribution in [2.45, 2.75) is 32.7 Å². The second kappa shape index (κ2) is 7.97. The highest BCUT2D eigenvalue weighted by Gasteiger charge is 2.41. The summed E-state index contributed by atoms with van der Waals surface area (Å²) in [6.07, 6.45) is 1.04. The van der Waals surface area contributed by atoms with Crippen LogP contribution in [0.2, 0.25) is 0 Å². The topological polar surface area (TPSA) is 105 Å². The van der Waals surface area contributed by atoms with Crippen molar-refractivity contribution in [2.24, 2.45) is 17.8 Å². The molecule has 1 aliphatic carbocycles. The van der Waals surface area contributed by atoms with Crippen molar-refractivity contribution in [3.63, 3.8) is 0 Å². The molecule has 4 atom stereocenters. The molecule has 1 rings (SSSR count). The van der Waals surface area contributed by atoms with E-state index in [1.54, 1.807) is 6.92 Å². The Balaban J connectivity index is 2.51. The Morgan fingerprint density at radius 3 is 2.48 bits per heavy atom. The fourth-order valence-corrected chi connectivity index (χ4v) is 2.67. The van der Waals surface area contributed by atoms with E-state index in [1.807, 2.05) is 6.92 Å². The predicted octanol–water partition coefficient (Wildman–Crippen LogP) is 0.000600. The van der Waals surface area contributed by atoms with Gasteiger partial charge < -0.3 is 20.5 Å². The molecular weight excluding hydrogens is 276 g/mol. The van der Waals surface area contributed by atoms with Gasteiger partial charge in [-0.05, 0) is 25.7 Å². The van der Waals surface area contributed by atoms with E-state index in [1.165, 1.54) is 7.11 Å². The summed E-state index contributed by atoms with van der Waals surface area (Å²) in [5.41, 5.74) is 0. The Labute approximate surface area is 124 Å². The van der Waals surface area contributed by atoms with Crippen molar-refractivity contribution in [2.75, 3.05) is 20.3 Å². The van der Waals surface area contributed by atoms with Gasteiger partial charge in [-0.15, -0.1) is 0 Å². The molecule has 3 N–H and O–H groups in total. The van der Waals surface area contributed by atoms with Crippen LogP contribution < -0.4 is 10.6 Å².